The molecule has 1 unspecified atom stereocenters. The second-order valence-electron chi connectivity index (χ2n) is 10.6. The van der Waals surface area contributed by atoms with Crippen molar-refractivity contribution < 1.29 is 18.6 Å². The molecule has 3 heterocycles. The summed E-state index contributed by atoms with van der Waals surface area (Å²) in [5, 5.41) is 8.77. The maximum Gasteiger partial charge on any atom is 0.494 e. The minimum atomic E-state index is -0.377. The number of hydrogen-bond donors (Lipinski definition) is 0. The summed E-state index contributed by atoms with van der Waals surface area (Å²) in [6.07, 6.45) is 5.95. The second-order valence-corrected chi connectivity index (χ2v) is 10.6. The van der Waals surface area contributed by atoms with Gasteiger partial charge < -0.3 is 18.6 Å². The van der Waals surface area contributed by atoms with Crippen LogP contribution in [0.4, 0.5) is 0 Å². The summed E-state index contributed by atoms with van der Waals surface area (Å²) in [5.41, 5.74) is 1.93. The minimum Gasteiger partial charge on any atom is -0.399 e. The number of rotatable bonds is 8. The summed E-state index contributed by atoms with van der Waals surface area (Å²) < 4.78 is 25.1. The summed E-state index contributed by atoms with van der Waals surface area (Å²) in [5.74, 6) is 1.67. The summed E-state index contributed by atoms with van der Waals surface area (Å²) in [6, 6.07) is 8.49. The average molecular weight is 464 g/mol. The van der Waals surface area contributed by atoms with Crippen LogP contribution in [0.3, 0.4) is 0 Å². The molecule has 0 N–H and O–H groups in total. The van der Waals surface area contributed by atoms with Crippen LogP contribution in [0.15, 0.2) is 41.2 Å². The van der Waals surface area contributed by atoms with Gasteiger partial charge in [-0.15, -0.1) is 0 Å². The Morgan fingerprint density at radius 1 is 1.12 bits per heavy atom. The Hall–Kier alpha value is -2.49. The molecule has 1 atom stereocenters. The molecule has 9 heteroatoms. The molecular formula is C25H33BN4O4. The fourth-order valence-electron chi connectivity index (χ4n) is 4.51. The molecule has 0 amide bonds. The van der Waals surface area contributed by atoms with Gasteiger partial charge in [0.05, 0.1) is 41.5 Å². The van der Waals surface area contributed by atoms with Gasteiger partial charge in [0.2, 0.25) is 0 Å². The van der Waals surface area contributed by atoms with E-state index in [2.05, 4.69) is 69.1 Å². The van der Waals surface area contributed by atoms with Crippen LogP contribution in [0.25, 0.3) is 11.5 Å². The monoisotopic (exact) mass is 464 g/mol. The molecular weight excluding hydrogens is 431 g/mol. The van der Waals surface area contributed by atoms with Gasteiger partial charge in [-0.25, -0.2) is 0 Å². The molecule has 1 saturated carbocycles. The number of methoxy groups -OCH3 is 1. The van der Waals surface area contributed by atoms with Gasteiger partial charge >= 0.3 is 7.12 Å². The highest BCUT2D eigenvalue weighted by molar-refractivity contribution is 6.62. The van der Waals surface area contributed by atoms with E-state index in [1.165, 1.54) is 5.56 Å². The highest BCUT2D eigenvalue weighted by Gasteiger charge is 2.52. The van der Waals surface area contributed by atoms with Gasteiger partial charge in [-0.05, 0) is 64.4 Å². The molecule has 2 aliphatic rings. The van der Waals surface area contributed by atoms with E-state index in [-0.39, 0.29) is 23.7 Å². The van der Waals surface area contributed by atoms with Gasteiger partial charge in [-0.1, -0.05) is 29.4 Å². The summed E-state index contributed by atoms with van der Waals surface area (Å²) >= 11 is 0. The Morgan fingerprint density at radius 2 is 1.79 bits per heavy atom. The van der Waals surface area contributed by atoms with Crippen molar-refractivity contribution in [3.05, 3.63) is 48.0 Å². The molecule has 0 spiro atoms. The van der Waals surface area contributed by atoms with E-state index in [1.54, 1.807) is 13.3 Å². The van der Waals surface area contributed by atoms with Gasteiger partial charge in [-0.3, -0.25) is 4.68 Å². The van der Waals surface area contributed by atoms with Crippen molar-refractivity contribution in [2.45, 2.75) is 70.6 Å². The Balaban J connectivity index is 1.39. The van der Waals surface area contributed by atoms with Gasteiger partial charge in [0.1, 0.15) is 0 Å². The van der Waals surface area contributed by atoms with E-state index >= 15 is 0 Å². The fourth-order valence-corrected chi connectivity index (χ4v) is 4.51. The second kappa shape index (κ2) is 8.32. The Bertz CT molecular complexity index is 1140. The van der Waals surface area contributed by atoms with E-state index in [0.717, 1.165) is 23.9 Å². The first-order chi connectivity index (χ1) is 16.1. The Morgan fingerprint density at radius 3 is 2.41 bits per heavy atom. The molecule has 180 valence electrons. The highest BCUT2D eigenvalue weighted by Crippen LogP contribution is 2.50. The highest BCUT2D eigenvalue weighted by atomic mass is 16.7. The maximum atomic E-state index is 6.22. The van der Waals surface area contributed by atoms with E-state index in [1.807, 2.05) is 10.9 Å². The van der Waals surface area contributed by atoms with E-state index in [4.69, 9.17) is 23.6 Å². The normalized spacial score (nSPS) is 21.1. The largest absolute Gasteiger partial charge is 0.494 e. The fraction of sp³-hybridized carbons (Fsp3) is 0.560. The zero-order chi connectivity index (χ0) is 24.1. The SMILES string of the molecule is COCCn1cc(-c2nc(C(C)(c3ccc(B4OC(C)(C)C(C)(C)O4)cc3)C3CC3)no2)cn1. The lowest BCUT2D eigenvalue weighted by atomic mass is 9.73. The first-order valence-corrected chi connectivity index (χ1v) is 12.0. The average Bonchev–Trinajstić information content (AvgIpc) is 3.26. The third-order valence-electron chi connectivity index (χ3n) is 7.72. The number of nitrogens with zero attached hydrogens (tertiary/aromatic N) is 4. The van der Waals surface area contributed by atoms with Crippen LogP contribution in [0.5, 0.6) is 0 Å². The van der Waals surface area contributed by atoms with Crippen molar-refractivity contribution >= 4 is 12.6 Å². The zero-order valence-electron chi connectivity index (χ0n) is 20.9. The standard InChI is InChI=1S/C25H33BN4O4/c1-23(2)24(3,4)34-26(33-23)20-11-9-19(10-12-20)25(5,18-7-8-18)22-28-21(32-29-22)17-15-27-30(16-17)13-14-31-6/h9-12,15-16,18H,7-8,13-14H2,1-6H3. The molecule has 3 aromatic rings. The quantitative estimate of drug-likeness (QED) is 0.471. The van der Waals surface area contributed by atoms with Crippen LogP contribution < -0.4 is 5.46 Å². The molecule has 1 aliphatic heterocycles. The first kappa shape index (κ1) is 23.3. The topological polar surface area (TPSA) is 84.4 Å². The van der Waals surface area contributed by atoms with Crippen molar-refractivity contribution in [3.63, 3.8) is 0 Å². The van der Waals surface area contributed by atoms with Gasteiger partial charge in [-0.2, -0.15) is 10.1 Å². The van der Waals surface area contributed by atoms with Crippen LogP contribution in [-0.4, -0.2) is 52.0 Å². The maximum absolute atomic E-state index is 6.22. The van der Waals surface area contributed by atoms with Gasteiger partial charge in [0, 0.05) is 13.3 Å². The molecule has 1 aromatic carbocycles. The lowest BCUT2D eigenvalue weighted by Gasteiger charge is -2.32. The summed E-state index contributed by atoms with van der Waals surface area (Å²) in [7, 11) is 1.30. The minimum absolute atomic E-state index is 0.331. The molecule has 1 aliphatic carbocycles. The van der Waals surface area contributed by atoms with Crippen LogP contribution in [-0.2, 0) is 26.0 Å². The summed E-state index contributed by atoms with van der Waals surface area (Å²) in [4.78, 5) is 4.81. The van der Waals surface area contributed by atoms with Crippen LogP contribution in [0.1, 0.15) is 58.8 Å². The molecule has 2 fully saturated rings. The molecule has 1 saturated heterocycles. The van der Waals surface area contributed by atoms with Gasteiger partial charge in [0.25, 0.3) is 5.89 Å². The molecule has 34 heavy (non-hydrogen) atoms. The molecule has 0 radical (unpaired) electrons. The van der Waals surface area contributed by atoms with E-state index in [9.17, 15) is 0 Å². The Kier molecular flexibility index (Phi) is 5.70. The van der Waals surface area contributed by atoms with Gasteiger partial charge in [0.15, 0.2) is 5.82 Å². The number of ether oxygens (including phenoxy) is 1. The third-order valence-corrected chi connectivity index (χ3v) is 7.72. The van der Waals surface area contributed by atoms with Crippen molar-refractivity contribution in [1.82, 2.24) is 19.9 Å². The third kappa shape index (κ3) is 3.99. The number of aromatic nitrogens is 4. The smallest absolute Gasteiger partial charge is 0.399 e. The molecule has 2 aromatic heterocycles. The van der Waals surface area contributed by atoms with Crippen LogP contribution in [0.2, 0.25) is 0 Å². The van der Waals surface area contributed by atoms with Crippen molar-refractivity contribution in [3.8, 4) is 11.5 Å². The lowest BCUT2D eigenvalue weighted by Crippen LogP contribution is -2.41. The van der Waals surface area contributed by atoms with E-state index in [0.29, 0.717) is 30.8 Å². The molecule has 0 bridgehead atoms. The zero-order valence-corrected chi connectivity index (χ0v) is 20.9. The predicted octanol–water partition coefficient (Wildman–Crippen LogP) is 3.59. The van der Waals surface area contributed by atoms with Crippen molar-refractivity contribution in [1.29, 1.82) is 0 Å². The molecule has 8 nitrogen and oxygen atoms in total. The predicted molar refractivity (Wildman–Crippen MR) is 129 cm³/mol. The number of hydrogen-bond acceptors (Lipinski definition) is 7. The van der Waals surface area contributed by atoms with Crippen molar-refractivity contribution in [2.75, 3.05) is 13.7 Å². The molecule has 5 rings (SSSR count). The summed E-state index contributed by atoms with van der Waals surface area (Å²) in [6.45, 7) is 11.8. The lowest BCUT2D eigenvalue weighted by molar-refractivity contribution is 0.00578. The van der Waals surface area contributed by atoms with Crippen LogP contribution >= 0.6 is 0 Å². The van der Waals surface area contributed by atoms with Crippen molar-refractivity contribution in [2.24, 2.45) is 5.92 Å². The Labute approximate surface area is 201 Å². The number of benzene rings is 1. The van der Waals surface area contributed by atoms with Crippen LogP contribution in [0, 0.1) is 5.92 Å². The van der Waals surface area contributed by atoms with E-state index < -0.39 is 0 Å². The first-order valence-electron chi connectivity index (χ1n) is 12.0.